The number of anilines is 1. The lowest BCUT2D eigenvalue weighted by atomic mass is 10.1. The number of nitrogens with zero attached hydrogens (tertiary/aromatic N) is 5. The first kappa shape index (κ1) is 24.0. The number of benzene rings is 2. The van der Waals surface area contributed by atoms with E-state index in [0.717, 1.165) is 11.3 Å². The first-order valence-electron chi connectivity index (χ1n) is 11.0. The Balaban J connectivity index is 1.36. The fourth-order valence-electron chi connectivity index (χ4n) is 3.38. The van der Waals surface area contributed by atoms with Gasteiger partial charge in [-0.1, -0.05) is 25.1 Å². The molecule has 1 amide bonds. The van der Waals surface area contributed by atoms with Crippen LogP contribution < -0.4 is 10.6 Å². The molecule has 11 heteroatoms. The van der Waals surface area contributed by atoms with Gasteiger partial charge in [0.05, 0.1) is 17.2 Å². The summed E-state index contributed by atoms with van der Waals surface area (Å²) in [6.07, 6.45) is 3.11. The van der Waals surface area contributed by atoms with Gasteiger partial charge in [-0.05, 0) is 42.0 Å². The van der Waals surface area contributed by atoms with Crippen LogP contribution in [-0.4, -0.2) is 44.8 Å². The second-order valence-corrected chi connectivity index (χ2v) is 10.0. The SMILES string of the molecule is CCS(=O)(=O)c1ccc(CNC(=O)c2cccc(NCc3nnc(-c4ccncn4)n3C)c2)cc1. The van der Waals surface area contributed by atoms with Crippen LogP contribution in [0.4, 0.5) is 5.69 Å². The molecular formula is C24H25N7O3S. The van der Waals surface area contributed by atoms with Gasteiger partial charge in [0.15, 0.2) is 21.5 Å². The van der Waals surface area contributed by atoms with Gasteiger partial charge in [0.25, 0.3) is 5.91 Å². The van der Waals surface area contributed by atoms with Crippen LogP contribution in [-0.2, 0) is 30.0 Å². The molecule has 0 atom stereocenters. The van der Waals surface area contributed by atoms with Crippen LogP contribution in [0.5, 0.6) is 0 Å². The van der Waals surface area contributed by atoms with Gasteiger partial charge in [0.1, 0.15) is 12.0 Å². The molecule has 0 aliphatic carbocycles. The second kappa shape index (κ2) is 10.4. The zero-order chi connectivity index (χ0) is 24.8. The van der Waals surface area contributed by atoms with Crippen LogP contribution in [0.1, 0.15) is 28.7 Å². The van der Waals surface area contributed by atoms with Crippen molar-refractivity contribution in [1.82, 2.24) is 30.0 Å². The number of nitrogens with one attached hydrogen (secondary N) is 2. The van der Waals surface area contributed by atoms with E-state index in [-0.39, 0.29) is 23.1 Å². The van der Waals surface area contributed by atoms with Crippen LogP contribution >= 0.6 is 0 Å². The zero-order valence-corrected chi connectivity index (χ0v) is 20.2. The molecule has 0 saturated heterocycles. The minimum Gasteiger partial charge on any atom is -0.378 e. The Morgan fingerprint density at radius 2 is 1.83 bits per heavy atom. The van der Waals surface area contributed by atoms with E-state index < -0.39 is 9.84 Å². The third-order valence-electron chi connectivity index (χ3n) is 5.47. The fourth-order valence-corrected chi connectivity index (χ4v) is 4.26. The first-order valence-corrected chi connectivity index (χ1v) is 12.6. The smallest absolute Gasteiger partial charge is 0.251 e. The molecule has 0 saturated carbocycles. The maximum absolute atomic E-state index is 12.7. The van der Waals surface area contributed by atoms with E-state index in [1.54, 1.807) is 61.7 Å². The van der Waals surface area contributed by atoms with Crippen LogP contribution in [0.25, 0.3) is 11.5 Å². The Morgan fingerprint density at radius 1 is 1.03 bits per heavy atom. The van der Waals surface area contributed by atoms with Gasteiger partial charge in [0, 0.05) is 31.0 Å². The molecule has 35 heavy (non-hydrogen) atoms. The van der Waals surface area contributed by atoms with Gasteiger partial charge >= 0.3 is 0 Å². The highest BCUT2D eigenvalue weighted by Gasteiger charge is 2.13. The van der Waals surface area contributed by atoms with E-state index in [9.17, 15) is 13.2 Å². The minimum atomic E-state index is -3.25. The lowest BCUT2D eigenvalue weighted by Crippen LogP contribution is -2.22. The quantitative estimate of drug-likeness (QED) is 0.365. The summed E-state index contributed by atoms with van der Waals surface area (Å²) < 4.78 is 25.7. The van der Waals surface area contributed by atoms with Crippen molar-refractivity contribution in [3.05, 3.63) is 84.1 Å². The summed E-state index contributed by atoms with van der Waals surface area (Å²) in [5.41, 5.74) is 2.75. The van der Waals surface area contributed by atoms with Crippen molar-refractivity contribution in [2.75, 3.05) is 11.1 Å². The Hall–Kier alpha value is -4.12. The highest BCUT2D eigenvalue weighted by Crippen LogP contribution is 2.16. The number of carbonyl (C=O) groups is 1. The number of aromatic nitrogens is 5. The minimum absolute atomic E-state index is 0.0488. The Kier molecular flexibility index (Phi) is 7.16. The van der Waals surface area contributed by atoms with Gasteiger partial charge in [-0.25, -0.2) is 18.4 Å². The third kappa shape index (κ3) is 5.69. The molecule has 2 heterocycles. The Bertz CT molecular complexity index is 1420. The number of sulfone groups is 1. The summed E-state index contributed by atoms with van der Waals surface area (Å²) in [5, 5.41) is 14.6. The van der Waals surface area contributed by atoms with Gasteiger partial charge in [-0.2, -0.15) is 0 Å². The van der Waals surface area contributed by atoms with E-state index in [4.69, 9.17) is 0 Å². The first-order chi connectivity index (χ1) is 16.9. The van der Waals surface area contributed by atoms with Gasteiger partial charge in [-0.15, -0.1) is 10.2 Å². The number of carbonyl (C=O) groups excluding carboxylic acids is 1. The lowest BCUT2D eigenvalue weighted by molar-refractivity contribution is 0.0951. The van der Waals surface area contributed by atoms with E-state index in [1.165, 1.54) is 6.33 Å². The van der Waals surface area contributed by atoms with Crippen molar-refractivity contribution >= 4 is 21.4 Å². The molecule has 0 spiro atoms. The topological polar surface area (TPSA) is 132 Å². The molecule has 0 aliphatic rings. The summed E-state index contributed by atoms with van der Waals surface area (Å²) in [7, 11) is -1.38. The van der Waals surface area contributed by atoms with Gasteiger partial charge in [0.2, 0.25) is 0 Å². The fraction of sp³-hybridized carbons (Fsp3) is 0.208. The highest BCUT2D eigenvalue weighted by molar-refractivity contribution is 7.91. The van der Waals surface area contributed by atoms with Crippen molar-refractivity contribution < 1.29 is 13.2 Å². The normalized spacial score (nSPS) is 11.3. The van der Waals surface area contributed by atoms with Crippen molar-refractivity contribution in [2.45, 2.75) is 24.9 Å². The molecule has 4 aromatic rings. The van der Waals surface area contributed by atoms with Crippen LogP contribution in [0, 0.1) is 0 Å². The van der Waals surface area contributed by atoms with Crippen LogP contribution in [0.15, 0.2) is 72.0 Å². The monoisotopic (exact) mass is 491 g/mol. The Labute approximate surface area is 203 Å². The largest absolute Gasteiger partial charge is 0.378 e. The standard InChI is InChI=1S/C24H25N7O3S/c1-3-35(33,34)20-9-7-17(8-10-20)14-27-24(32)18-5-4-6-19(13-18)26-15-22-29-30-23(31(22)2)21-11-12-25-16-28-21/h4-13,16,26H,3,14-15H2,1-2H3,(H,27,32). The molecule has 0 bridgehead atoms. The molecule has 0 unspecified atom stereocenters. The maximum atomic E-state index is 12.7. The van der Waals surface area contributed by atoms with Gasteiger partial charge < -0.3 is 15.2 Å². The van der Waals surface area contributed by atoms with E-state index >= 15 is 0 Å². The molecule has 0 radical (unpaired) electrons. The molecule has 0 aliphatic heterocycles. The molecule has 4 rings (SSSR count). The maximum Gasteiger partial charge on any atom is 0.251 e. The van der Waals surface area contributed by atoms with E-state index in [0.29, 0.717) is 29.5 Å². The number of amides is 1. The molecule has 2 aromatic carbocycles. The summed E-state index contributed by atoms with van der Waals surface area (Å²) in [6.45, 7) is 2.30. The van der Waals surface area contributed by atoms with Gasteiger partial charge in [-0.3, -0.25) is 4.79 Å². The predicted molar refractivity (Wildman–Crippen MR) is 131 cm³/mol. The number of hydrogen-bond donors (Lipinski definition) is 2. The average Bonchev–Trinajstić information content (AvgIpc) is 3.27. The van der Waals surface area contributed by atoms with Crippen molar-refractivity contribution in [2.24, 2.45) is 7.05 Å². The summed E-state index contributed by atoms with van der Waals surface area (Å²) in [4.78, 5) is 21.1. The molecule has 0 fully saturated rings. The second-order valence-electron chi connectivity index (χ2n) is 7.76. The molecule has 2 N–H and O–H groups in total. The zero-order valence-electron chi connectivity index (χ0n) is 19.3. The van der Waals surface area contributed by atoms with Crippen molar-refractivity contribution in [3.63, 3.8) is 0 Å². The van der Waals surface area contributed by atoms with Crippen LogP contribution in [0.3, 0.4) is 0 Å². The van der Waals surface area contributed by atoms with E-state index in [2.05, 4.69) is 30.8 Å². The Morgan fingerprint density at radius 3 is 2.54 bits per heavy atom. The molecule has 2 aromatic heterocycles. The van der Waals surface area contributed by atoms with Crippen molar-refractivity contribution in [1.29, 1.82) is 0 Å². The number of rotatable bonds is 9. The molecule has 10 nitrogen and oxygen atoms in total. The molecular weight excluding hydrogens is 466 g/mol. The molecule has 180 valence electrons. The lowest BCUT2D eigenvalue weighted by Gasteiger charge is -2.10. The summed E-state index contributed by atoms with van der Waals surface area (Å²) in [6, 6.07) is 15.5. The average molecular weight is 492 g/mol. The highest BCUT2D eigenvalue weighted by atomic mass is 32.2. The predicted octanol–water partition coefficient (Wildman–Crippen LogP) is 2.61. The van der Waals surface area contributed by atoms with Crippen LogP contribution in [0.2, 0.25) is 0 Å². The van der Waals surface area contributed by atoms with E-state index in [1.807, 2.05) is 17.7 Å². The van der Waals surface area contributed by atoms with Crippen molar-refractivity contribution in [3.8, 4) is 11.5 Å². The summed E-state index contributed by atoms with van der Waals surface area (Å²) >= 11 is 0. The third-order valence-corrected chi connectivity index (χ3v) is 7.22. The summed E-state index contributed by atoms with van der Waals surface area (Å²) in [5.74, 6) is 1.16. The number of hydrogen-bond acceptors (Lipinski definition) is 8.